The summed E-state index contributed by atoms with van der Waals surface area (Å²) in [7, 11) is -0.762. The fourth-order valence-electron chi connectivity index (χ4n) is 0. The van der Waals surface area contributed by atoms with Crippen molar-refractivity contribution in [2.24, 2.45) is 0 Å². The van der Waals surface area contributed by atoms with E-state index in [0.717, 1.165) is 4.44 Å². The Hall–Kier alpha value is 0.736. The van der Waals surface area contributed by atoms with E-state index >= 15 is 0 Å². The fraction of sp³-hybridized carbons (Fsp3) is 1.00. The molecule has 0 aromatic rings. The second-order valence-corrected chi connectivity index (χ2v) is 11.3. The van der Waals surface area contributed by atoms with Gasteiger partial charge in [-0.3, -0.25) is 0 Å². The van der Waals surface area contributed by atoms with Crippen molar-refractivity contribution in [1.29, 1.82) is 0 Å². The zero-order chi connectivity index (χ0) is 6.08. The van der Waals surface area contributed by atoms with Gasteiger partial charge in [-0.2, -0.15) is 0 Å². The Bertz CT molecular complexity index is 53.6. The van der Waals surface area contributed by atoms with Crippen molar-refractivity contribution >= 4 is 24.1 Å². The molecule has 0 amide bonds. The van der Waals surface area contributed by atoms with Crippen LogP contribution in [-0.4, -0.2) is 24.1 Å². The molecule has 44 valence electrons. The Labute approximate surface area is 55.5 Å². The molecule has 0 aromatic heterocycles. The molecule has 0 nitrogen and oxygen atoms in total. The van der Waals surface area contributed by atoms with Crippen LogP contribution >= 0.6 is 0 Å². The summed E-state index contributed by atoms with van der Waals surface area (Å²) in [6, 6.07) is 0. The Morgan fingerprint density at radius 1 is 1.29 bits per heavy atom. The molecule has 1 atom stereocenters. The van der Waals surface area contributed by atoms with Gasteiger partial charge in [-0.05, 0) is 0 Å². The quantitative estimate of drug-likeness (QED) is 0.539. The van der Waals surface area contributed by atoms with Gasteiger partial charge in [0, 0.05) is 0 Å². The molecular formula is C5H14SeSi. The summed E-state index contributed by atoms with van der Waals surface area (Å²) in [4.78, 5) is 0. The summed E-state index contributed by atoms with van der Waals surface area (Å²) in [6.07, 6.45) is 0. The van der Waals surface area contributed by atoms with Crippen LogP contribution in [0.2, 0.25) is 24.1 Å². The molecule has 2 heteroatoms. The standard InChI is InChI=1S/C5H14SeSi/c1-5(6)7(2,3)4/h5-6H,1-4H3. The first-order chi connectivity index (χ1) is 2.94. The van der Waals surface area contributed by atoms with Crippen molar-refractivity contribution in [3.8, 4) is 0 Å². The Balaban J connectivity index is 3.54. The minimum absolute atomic E-state index is 0.762. The molecule has 0 N–H and O–H groups in total. The van der Waals surface area contributed by atoms with Crippen LogP contribution in [0.3, 0.4) is 0 Å². The van der Waals surface area contributed by atoms with Gasteiger partial charge in [-0.1, -0.05) is 0 Å². The topological polar surface area (TPSA) is 0 Å². The molecule has 0 bridgehead atoms. The zero-order valence-electron chi connectivity index (χ0n) is 5.52. The average Bonchev–Trinajstić information content (AvgIpc) is 1.31. The Morgan fingerprint density at radius 3 is 1.43 bits per heavy atom. The van der Waals surface area contributed by atoms with Crippen LogP contribution in [0.1, 0.15) is 6.92 Å². The SMILES string of the molecule is CC([SeH])[Si](C)(C)C. The molecule has 0 spiro atoms. The average molecular weight is 181 g/mol. The van der Waals surface area contributed by atoms with E-state index in [2.05, 4.69) is 42.6 Å². The van der Waals surface area contributed by atoms with Crippen molar-refractivity contribution < 1.29 is 0 Å². The summed E-state index contributed by atoms with van der Waals surface area (Å²) in [5.41, 5.74) is 0. The summed E-state index contributed by atoms with van der Waals surface area (Å²) >= 11 is 2.73. The molecule has 0 heterocycles. The predicted molar refractivity (Wildman–Crippen MR) is 39.9 cm³/mol. The van der Waals surface area contributed by atoms with E-state index in [4.69, 9.17) is 0 Å². The van der Waals surface area contributed by atoms with Crippen molar-refractivity contribution in [3.05, 3.63) is 0 Å². The fourth-order valence-corrected chi connectivity index (χ4v) is 0. The molecule has 1 unspecified atom stereocenters. The van der Waals surface area contributed by atoms with Gasteiger partial charge in [-0.25, -0.2) is 0 Å². The number of hydrogen-bond donors (Lipinski definition) is 0. The second kappa shape index (κ2) is 2.34. The van der Waals surface area contributed by atoms with Gasteiger partial charge in [0.25, 0.3) is 0 Å². The van der Waals surface area contributed by atoms with Crippen molar-refractivity contribution in [3.63, 3.8) is 0 Å². The van der Waals surface area contributed by atoms with Gasteiger partial charge in [0.2, 0.25) is 0 Å². The van der Waals surface area contributed by atoms with Gasteiger partial charge >= 0.3 is 55.1 Å². The van der Waals surface area contributed by atoms with Gasteiger partial charge in [0.1, 0.15) is 0 Å². The van der Waals surface area contributed by atoms with Crippen LogP contribution in [0.5, 0.6) is 0 Å². The molecule has 0 aliphatic carbocycles. The normalized spacial score (nSPS) is 16.7. The van der Waals surface area contributed by atoms with E-state index in [1.165, 1.54) is 0 Å². The van der Waals surface area contributed by atoms with E-state index in [9.17, 15) is 0 Å². The first-order valence-electron chi connectivity index (χ1n) is 2.62. The zero-order valence-corrected chi connectivity index (χ0v) is 8.40. The third kappa shape index (κ3) is 3.33. The van der Waals surface area contributed by atoms with E-state index in [1.807, 2.05) is 0 Å². The molecule has 0 saturated heterocycles. The molecule has 0 rings (SSSR count). The van der Waals surface area contributed by atoms with Crippen LogP contribution in [0.4, 0.5) is 0 Å². The molecule has 0 saturated carbocycles. The molecule has 0 aliphatic rings. The second-order valence-electron chi connectivity index (χ2n) is 3.04. The first kappa shape index (κ1) is 7.74. The summed E-state index contributed by atoms with van der Waals surface area (Å²) in [6.45, 7) is 9.44. The molecule has 7 heavy (non-hydrogen) atoms. The summed E-state index contributed by atoms with van der Waals surface area (Å²) in [5.74, 6) is 0. The van der Waals surface area contributed by atoms with E-state index < -0.39 is 8.07 Å². The summed E-state index contributed by atoms with van der Waals surface area (Å²) < 4.78 is 0.875. The first-order valence-corrected chi connectivity index (χ1v) is 7.29. The van der Waals surface area contributed by atoms with Crippen molar-refractivity contribution in [2.75, 3.05) is 0 Å². The van der Waals surface area contributed by atoms with Crippen LogP contribution in [0.25, 0.3) is 0 Å². The molecule has 0 aromatic carbocycles. The Kier molecular flexibility index (Phi) is 2.58. The Morgan fingerprint density at radius 2 is 1.43 bits per heavy atom. The molecule has 0 aliphatic heterocycles. The van der Waals surface area contributed by atoms with E-state index in [0.29, 0.717) is 0 Å². The molecule has 0 fully saturated rings. The number of rotatable bonds is 1. The predicted octanol–water partition coefficient (Wildman–Crippen LogP) is 1.57. The molecule has 0 radical (unpaired) electrons. The number of hydrogen-bond acceptors (Lipinski definition) is 0. The minimum atomic E-state index is -0.762. The van der Waals surface area contributed by atoms with Crippen LogP contribution < -0.4 is 0 Å². The van der Waals surface area contributed by atoms with Gasteiger partial charge in [0.05, 0.1) is 0 Å². The van der Waals surface area contributed by atoms with Crippen molar-refractivity contribution in [1.82, 2.24) is 0 Å². The third-order valence-electron chi connectivity index (χ3n) is 1.25. The van der Waals surface area contributed by atoms with E-state index in [-0.39, 0.29) is 0 Å². The van der Waals surface area contributed by atoms with Gasteiger partial charge in [-0.15, -0.1) is 0 Å². The molecular weight excluding hydrogens is 167 g/mol. The van der Waals surface area contributed by atoms with Gasteiger partial charge in [0.15, 0.2) is 0 Å². The van der Waals surface area contributed by atoms with Gasteiger partial charge < -0.3 is 0 Å². The maximum atomic E-state index is 2.73. The maximum absolute atomic E-state index is 2.73. The van der Waals surface area contributed by atoms with Crippen LogP contribution in [0, 0.1) is 0 Å². The monoisotopic (exact) mass is 182 g/mol. The van der Waals surface area contributed by atoms with E-state index in [1.54, 1.807) is 0 Å². The van der Waals surface area contributed by atoms with Crippen LogP contribution in [-0.2, 0) is 0 Å². The van der Waals surface area contributed by atoms with Crippen molar-refractivity contribution in [2.45, 2.75) is 31.0 Å². The van der Waals surface area contributed by atoms with Crippen LogP contribution in [0.15, 0.2) is 0 Å². The summed E-state index contributed by atoms with van der Waals surface area (Å²) in [5, 5.41) is 0. The third-order valence-corrected chi connectivity index (χ3v) is 8.64.